The molecule has 2 aliphatic heterocycles. The Labute approximate surface area is 173 Å². The van der Waals surface area contributed by atoms with Crippen LogP contribution < -0.4 is 14.8 Å². The van der Waals surface area contributed by atoms with Gasteiger partial charge in [-0.05, 0) is 81.4 Å². The fourth-order valence-electron chi connectivity index (χ4n) is 5.23. The highest BCUT2D eigenvalue weighted by Crippen LogP contribution is 2.54. The summed E-state index contributed by atoms with van der Waals surface area (Å²) in [5.41, 5.74) is 8.72. The predicted octanol–water partition coefficient (Wildman–Crippen LogP) is 6.90. The van der Waals surface area contributed by atoms with Crippen LogP contribution in [0.1, 0.15) is 63.7 Å². The first-order chi connectivity index (χ1) is 14.0. The molecule has 0 amide bonds. The lowest BCUT2D eigenvalue weighted by molar-refractivity contribution is 0.230. The molecular weight excluding hydrogens is 358 g/mol. The predicted molar refractivity (Wildman–Crippen MR) is 120 cm³/mol. The standard InChI is InChI=1S/C26H29NO2/c1-16-15-26(2,3)27-19-14-13-18-23-20(28-4)11-8-12-21(23)29-25(24(18)22(16)19)17-9-6-5-7-10-17/h8-9,11-15,25,27H,5-7,10H2,1-4H3. The molecule has 2 aromatic rings. The van der Waals surface area contributed by atoms with Crippen molar-refractivity contribution in [1.82, 2.24) is 0 Å². The van der Waals surface area contributed by atoms with Crippen LogP contribution in [0.15, 0.2) is 48.1 Å². The molecule has 29 heavy (non-hydrogen) atoms. The maximum absolute atomic E-state index is 6.70. The highest BCUT2D eigenvalue weighted by atomic mass is 16.5. The smallest absolute Gasteiger partial charge is 0.146 e. The van der Waals surface area contributed by atoms with Crippen molar-refractivity contribution < 1.29 is 9.47 Å². The maximum atomic E-state index is 6.70. The Morgan fingerprint density at radius 1 is 1.10 bits per heavy atom. The number of fused-ring (bicyclic) bond motifs is 5. The lowest BCUT2D eigenvalue weighted by atomic mass is 9.79. The average molecular weight is 388 g/mol. The van der Waals surface area contributed by atoms with E-state index in [0.29, 0.717) is 0 Å². The Hall–Kier alpha value is -2.68. The Morgan fingerprint density at radius 3 is 2.72 bits per heavy atom. The zero-order chi connectivity index (χ0) is 20.2. The molecular formula is C26H29NO2. The van der Waals surface area contributed by atoms with Gasteiger partial charge in [0.05, 0.1) is 18.2 Å². The molecule has 150 valence electrons. The topological polar surface area (TPSA) is 30.5 Å². The number of methoxy groups -OCH3 is 1. The van der Waals surface area contributed by atoms with Crippen molar-refractivity contribution in [1.29, 1.82) is 0 Å². The van der Waals surface area contributed by atoms with Crippen molar-refractivity contribution in [3.8, 4) is 22.6 Å². The second-order valence-electron chi connectivity index (χ2n) is 8.98. The van der Waals surface area contributed by atoms with Crippen LogP contribution in [-0.4, -0.2) is 12.6 Å². The van der Waals surface area contributed by atoms with Gasteiger partial charge in [-0.2, -0.15) is 0 Å². The summed E-state index contributed by atoms with van der Waals surface area (Å²) in [7, 11) is 1.73. The normalized spacial score (nSPS) is 21.4. The third-order valence-corrected chi connectivity index (χ3v) is 6.32. The molecule has 3 heteroatoms. The molecule has 0 bridgehead atoms. The van der Waals surface area contributed by atoms with E-state index in [-0.39, 0.29) is 11.6 Å². The largest absolute Gasteiger partial charge is 0.496 e. The number of ether oxygens (including phenoxy) is 2. The lowest BCUT2D eigenvalue weighted by Gasteiger charge is -2.38. The molecule has 0 saturated heterocycles. The molecule has 2 aromatic carbocycles. The molecule has 2 heterocycles. The molecule has 0 spiro atoms. The van der Waals surface area contributed by atoms with Gasteiger partial charge in [0, 0.05) is 16.8 Å². The first-order valence-electron chi connectivity index (χ1n) is 10.7. The minimum absolute atomic E-state index is 0.0359. The quantitative estimate of drug-likeness (QED) is 0.568. The van der Waals surface area contributed by atoms with Crippen LogP contribution in [-0.2, 0) is 0 Å². The van der Waals surface area contributed by atoms with Crippen molar-refractivity contribution in [2.75, 3.05) is 12.4 Å². The van der Waals surface area contributed by atoms with Gasteiger partial charge in [-0.3, -0.25) is 0 Å². The highest BCUT2D eigenvalue weighted by molar-refractivity contribution is 5.91. The minimum atomic E-state index is -0.0595. The first-order valence-corrected chi connectivity index (χ1v) is 10.7. The molecule has 1 N–H and O–H groups in total. The molecule has 3 aliphatic rings. The van der Waals surface area contributed by atoms with E-state index in [9.17, 15) is 0 Å². The van der Waals surface area contributed by atoms with Crippen LogP contribution in [0.5, 0.6) is 11.5 Å². The van der Waals surface area contributed by atoms with E-state index in [1.807, 2.05) is 12.1 Å². The molecule has 0 radical (unpaired) electrons. The highest BCUT2D eigenvalue weighted by Gasteiger charge is 2.36. The van der Waals surface area contributed by atoms with Gasteiger partial charge in [-0.15, -0.1) is 0 Å². The summed E-state index contributed by atoms with van der Waals surface area (Å²) < 4.78 is 12.4. The Bertz CT molecular complexity index is 1040. The molecule has 3 nitrogen and oxygen atoms in total. The summed E-state index contributed by atoms with van der Waals surface area (Å²) in [4.78, 5) is 0. The number of nitrogens with one attached hydrogen (secondary N) is 1. The lowest BCUT2D eigenvalue weighted by Crippen LogP contribution is -2.32. The zero-order valence-corrected chi connectivity index (χ0v) is 17.8. The van der Waals surface area contributed by atoms with Crippen molar-refractivity contribution in [2.24, 2.45) is 0 Å². The van der Waals surface area contributed by atoms with E-state index in [4.69, 9.17) is 9.47 Å². The Morgan fingerprint density at radius 2 is 1.97 bits per heavy atom. The third-order valence-electron chi connectivity index (χ3n) is 6.32. The summed E-state index contributed by atoms with van der Waals surface area (Å²) in [6, 6.07) is 10.6. The van der Waals surface area contributed by atoms with Gasteiger partial charge >= 0.3 is 0 Å². The molecule has 1 aliphatic carbocycles. The van der Waals surface area contributed by atoms with Crippen molar-refractivity contribution in [3.05, 3.63) is 59.2 Å². The summed E-state index contributed by atoms with van der Waals surface area (Å²) in [5.74, 6) is 1.78. The number of hydrogen-bond acceptors (Lipinski definition) is 3. The van der Waals surface area contributed by atoms with Crippen molar-refractivity contribution in [2.45, 2.75) is 58.1 Å². The van der Waals surface area contributed by atoms with Gasteiger partial charge in [0.2, 0.25) is 0 Å². The van der Waals surface area contributed by atoms with Crippen LogP contribution in [0.3, 0.4) is 0 Å². The molecule has 0 aromatic heterocycles. The monoisotopic (exact) mass is 387 g/mol. The van der Waals surface area contributed by atoms with E-state index < -0.39 is 0 Å². The van der Waals surface area contributed by atoms with Gasteiger partial charge in [-0.1, -0.05) is 24.3 Å². The molecule has 1 unspecified atom stereocenters. The number of anilines is 1. The number of hydrogen-bond donors (Lipinski definition) is 1. The summed E-state index contributed by atoms with van der Waals surface area (Å²) in [5, 5.41) is 3.71. The van der Waals surface area contributed by atoms with E-state index >= 15 is 0 Å². The van der Waals surface area contributed by atoms with E-state index in [2.05, 4.69) is 56.4 Å². The minimum Gasteiger partial charge on any atom is -0.496 e. The second-order valence-corrected chi connectivity index (χ2v) is 8.98. The summed E-state index contributed by atoms with van der Waals surface area (Å²) in [6.07, 6.45) is 9.46. The third kappa shape index (κ3) is 2.95. The van der Waals surface area contributed by atoms with Gasteiger partial charge in [-0.25, -0.2) is 0 Å². The molecule has 0 saturated carbocycles. The van der Waals surface area contributed by atoms with E-state index in [1.165, 1.54) is 46.4 Å². The van der Waals surface area contributed by atoms with E-state index in [1.54, 1.807) is 7.11 Å². The van der Waals surface area contributed by atoms with Crippen LogP contribution in [0.25, 0.3) is 16.7 Å². The van der Waals surface area contributed by atoms with Crippen molar-refractivity contribution in [3.63, 3.8) is 0 Å². The van der Waals surface area contributed by atoms with Crippen LogP contribution >= 0.6 is 0 Å². The summed E-state index contributed by atoms with van der Waals surface area (Å²) in [6.45, 7) is 6.66. The van der Waals surface area contributed by atoms with Crippen molar-refractivity contribution >= 4 is 11.3 Å². The maximum Gasteiger partial charge on any atom is 0.146 e. The zero-order valence-electron chi connectivity index (χ0n) is 17.8. The number of benzene rings is 2. The van der Waals surface area contributed by atoms with Crippen LogP contribution in [0, 0.1) is 0 Å². The van der Waals surface area contributed by atoms with Crippen LogP contribution in [0.4, 0.5) is 5.69 Å². The van der Waals surface area contributed by atoms with Gasteiger partial charge < -0.3 is 14.8 Å². The van der Waals surface area contributed by atoms with E-state index in [0.717, 1.165) is 29.9 Å². The Kier molecular flexibility index (Phi) is 4.23. The molecule has 0 fully saturated rings. The van der Waals surface area contributed by atoms with Crippen LogP contribution in [0.2, 0.25) is 0 Å². The van der Waals surface area contributed by atoms with Gasteiger partial charge in [0.25, 0.3) is 0 Å². The SMILES string of the molecule is COc1cccc2c1-c1ccc3c(c1C(C1=CCCCC1)O2)C(C)=CC(C)(C)N3. The number of allylic oxidation sites excluding steroid dienone is 2. The fourth-order valence-corrected chi connectivity index (χ4v) is 5.23. The second kappa shape index (κ2) is 6.69. The molecule has 1 atom stereocenters. The number of rotatable bonds is 2. The Balaban J connectivity index is 1.80. The molecule has 5 rings (SSSR count). The van der Waals surface area contributed by atoms with Gasteiger partial charge in [0.1, 0.15) is 17.6 Å². The summed E-state index contributed by atoms with van der Waals surface area (Å²) >= 11 is 0. The van der Waals surface area contributed by atoms with Gasteiger partial charge in [0.15, 0.2) is 0 Å². The fraction of sp³-hybridized carbons (Fsp3) is 0.385. The average Bonchev–Trinajstić information content (AvgIpc) is 2.71. The first kappa shape index (κ1) is 18.4.